The van der Waals surface area contributed by atoms with E-state index < -0.39 is 5.41 Å². The lowest BCUT2D eigenvalue weighted by molar-refractivity contribution is -0.139. The van der Waals surface area contributed by atoms with Crippen molar-refractivity contribution in [3.05, 3.63) is 54.1 Å². The number of amides is 1. The first kappa shape index (κ1) is 21.5. The van der Waals surface area contributed by atoms with Crippen molar-refractivity contribution in [3.8, 4) is 11.5 Å². The number of likely N-dealkylation sites (tertiary alicyclic amines) is 1. The lowest BCUT2D eigenvalue weighted by atomic mass is 9.73. The molecule has 1 atom stereocenters. The minimum Gasteiger partial charge on any atom is -0.497 e. The van der Waals surface area contributed by atoms with Gasteiger partial charge < -0.3 is 19.3 Å². The van der Waals surface area contributed by atoms with Gasteiger partial charge in [-0.05, 0) is 68.4 Å². The maximum absolute atomic E-state index is 14.0. The molecule has 0 radical (unpaired) electrons. The minimum absolute atomic E-state index is 0.294. The van der Waals surface area contributed by atoms with Crippen LogP contribution in [0.1, 0.15) is 44.1 Å². The summed E-state index contributed by atoms with van der Waals surface area (Å²) in [6.45, 7) is 3.48. The highest BCUT2D eigenvalue weighted by Gasteiger charge is 2.44. The highest BCUT2D eigenvalue weighted by molar-refractivity contribution is 5.88. The van der Waals surface area contributed by atoms with Crippen molar-refractivity contribution >= 4 is 11.6 Å². The Morgan fingerprint density at radius 2 is 1.65 bits per heavy atom. The average molecular weight is 423 g/mol. The molecule has 1 unspecified atom stereocenters. The van der Waals surface area contributed by atoms with Crippen LogP contribution in [-0.4, -0.2) is 51.2 Å². The van der Waals surface area contributed by atoms with Gasteiger partial charge in [0.25, 0.3) is 0 Å². The molecule has 0 spiro atoms. The van der Waals surface area contributed by atoms with E-state index >= 15 is 0 Å². The molecule has 2 aromatic carbocycles. The van der Waals surface area contributed by atoms with Crippen LogP contribution in [0, 0.1) is 0 Å². The Kier molecular flexibility index (Phi) is 6.69. The summed E-state index contributed by atoms with van der Waals surface area (Å²) in [6, 6.07) is 16.3. The van der Waals surface area contributed by atoms with Crippen molar-refractivity contribution in [3.63, 3.8) is 0 Å². The van der Waals surface area contributed by atoms with Gasteiger partial charge in [-0.15, -0.1) is 0 Å². The number of hydrogen-bond acceptors (Lipinski definition) is 4. The number of carbonyl (C=O) groups is 1. The first-order valence-corrected chi connectivity index (χ1v) is 11.5. The third kappa shape index (κ3) is 4.36. The molecule has 1 amide bonds. The van der Waals surface area contributed by atoms with E-state index in [1.807, 2.05) is 24.3 Å². The van der Waals surface area contributed by atoms with E-state index in [1.54, 1.807) is 14.2 Å². The van der Waals surface area contributed by atoms with Crippen LogP contribution in [0.4, 0.5) is 5.69 Å². The highest BCUT2D eigenvalue weighted by atomic mass is 16.5. The van der Waals surface area contributed by atoms with Gasteiger partial charge in [-0.25, -0.2) is 0 Å². The molecule has 0 bridgehead atoms. The maximum atomic E-state index is 14.0. The van der Waals surface area contributed by atoms with Gasteiger partial charge in [-0.2, -0.15) is 0 Å². The second-order valence-electron chi connectivity index (χ2n) is 8.68. The summed E-state index contributed by atoms with van der Waals surface area (Å²) in [6.07, 6.45) is 6.02. The number of anilines is 1. The normalized spacial score (nSPS) is 22.0. The van der Waals surface area contributed by atoms with Gasteiger partial charge in [0.2, 0.25) is 5.91 Å². The number of ether oxygens (including phenoxy) is 2. The van der Waals surface area contributed by atoms with E-state index in [2.05, 4.69) is 34.1 Å². The Hall–Kier alpha value is -2.69. The van der Waals surface area contributed by atoms with Crippen LogP contribution < -0.4 is 14.4 Å². The molecule has 4 rings (SSSR count). The van der Waals surface area contributed by atoms with Crippen LogP contribution in [0.3, 0.4) is 0 Å². The predicted octanol–water partition coefficient (Wildman–Crippen LogP) is 4.64. The van der Waals surface area contributed by atoms with Crippen LogP contribution in [-0.2, 0) is 10.2 Å². The maximum Gasteiger partial charge on any atom is 0.233 e. The van der Waals surface area contributed by atoms with Crippen LogP contribution in [0.5, 0.6) is 11.5 Å². The van der Waals surface area contributed by atoms with E-state index in [4.69, 9.17) is 9.47 Å². The number of para-hydroxylation sites is 2. The van der Waals surface area contributed by atoms with Gasteiger partial charge in [-0.1, -0.05) is 24.3 Å². The second-order valence-corrected chi connectivity index (χ2v) is 8.68. The fourth-order valence-electron chi connectivity index (χ4n) is 5.21. The molecule has 5 heteroatoms. The molecule has 2 fully saturated rings. The van der Waals surface area contributed by atoms with Crippen molar-refractivity contribution in [2.75, 3.05) is 45.3 Å². The van der Waals surface area contributed by atoms with Gasteiger partial charge in [-0.3, -0.25) is 4.79 Å². The molecular weight excluding hydrogens is 388 g/mol. The number of piperidine rings is 1. The fourth-order valence-corrected chi connectivity index (χ4v) is 5.21. The van der Waals surface area contributed by atoms with Crippen molar-refractivity contribution in [1.82, 2.24) is 4.90 Å². The number of hydrogen-bond donors (Lipinski definition) is 0. The zero-order valence-corrected chi connectivity index (χ0v) is 18.8. The number of benzene rings is 2. The molecule has 2 aliphatic heterocycles. The zero-order valence-electron chi connectivity index (χ0n) is 18.8. The zero-order chi connectivity index (χ0) is 21.7. The summed E-state index contributed by atoms with van der Waals surface area (Å²) >= 11 is 0. The Labute approximate surface area is 185 Å². The molecule has 2 saturated heterocycles. The lowest BCUT2D eigenvalue weighted by Gasteiger charge is -2.39. The van der Waals surface area contributed by atoms with Crippen LogP contribution in [0.15, 0.2) is 48.5 Å². The third-order valence-corrected chi connectivity index (χ3v) is 6.94. The van der Waals surface area contributed by atoms with Crippen LogP contribution in [0.2, 0.25) is 0 Å². The van der Waals surface area contributed by atoms with Gasteiger partial charge in [0, 0.05) is 26.2 Å². The Morgan fingerprint density at radius 3 is 2.42 bits per heavy atom. The third-order valence-electron chi connectivity index (χ3n) is 6.94. The number of rotatable bonds is 5. The second kappa shape index (κ2) is 9.63. The van der Waals surface area contributed by atoms with Gasteiger partial charge in [0.15, 0.2) is 0 Å². The lowest BCUT2D eigenvalue weighted by Crippen LogP contribution is -2.49. The Morgan fingerprint density at radius 1 is 0.839 bits per heavy atom. The van der Waals surface area contributed by atoms with E-state index in [1.165, 1.54) is 6.42 Å². The van der Waals surface area contributed by atoms with Gasteiger partial charge in [0.1, 0.15) is 11.5 Å². The molecule has 2 aromatic rings. The largest absolute Gasteiger partial charge is 0.497 e. The van der Waals surface area contributed by atoms with Crippen LogP contribution >= 0.6 is 0 Å². The molecular formula is C26H34N2O3. The SMILES string of the molecule is COc1cccc(C2(C(=O)N3CCCCC3)CCCN(c3ccccc3OC)CC2)c1. The van der Waals surface area contributed by atoms with Gasteiger partial charge in [0.05, 0.1) is 25.3 Å². The van der Waals surface area contributed by atoms with Crippen molar-refractivity contribution in [2.45, 2.75) is 43.9 Å². The molecule has 5 nitrogen and oxygen atoms in total. The molecule has 2 aliphatic rings. The Bertz CT molecular complexity index is 894. The summed E-state index contributed by atoms with van der Waals surface area (Å²) in [5.74, 6) is 2.00. The summed E-state index contributed by atoms with van der Waals surface area (Å²) < 4.78 is 11.1. The van der Waals surface area contributed by atoms with E-state index in [-0.39, 0.29) is 0 Å². The number of methoxy groups -OCH3 is 2. The first-order chi connectivity index (χ1) is 15.2. The summed E-state index contributed by atoms with van der Waals surface area (Å²) in [5, 5.41) is 0. The molecule has 0 N–H and O–H groups in total. The van der Waals surface area contributed by atoms with Crippen molar-refractivity contribution in [1.29, 1.82) is 0 Å². The van der Waals surface area contributed by atoms with E-state index in [0.717, 1.165) is 81.0 Å². The molecule has 0 aromatic heterocycles. The molecule has 166 valence electrons. The smallest absolute Gasteiger partial charge is 0.233 e. The topological polar surface area (TPSA) is 42.0 Å². The fraction of sp³-hybridized carbons (Fsp3) is 0.500. The number of nitrogens with zero attached hydrogens (tertiary/aromatic N) is 2. The van der Waals surface area contributed by atoms with Crippen LogP contribution in [0.25, 0.3) is 0 Å². The standard InChI is InChI=1S/C26H34N2O3/c1-30-22-11-8-10-21(20-22)26(25(29)28-16-6-3-7-17-28)14-9-18-27(19-15-26)23-12-4-5-13-24(23)31-2/h4-5,8,10-13,20H,3,6-7,9,14-19H2,1-2H3. The predicted molar refractivity (Wildman–Crippen MR) is 124 cm³/mol. The average Bonchev–Trinajstić information content (AvgIpc) is 3.08. The highest BCUT2D eigenvalue weighted by Crippen LogP contribution is 2.41. The van der Waals surface area contributed by atoms with E-state index in [0.29, 0.717) is 5.91 Å². The quantitative estimate of drug-likeness (QED) is 0.704. The summed E-state index contributed by atoms with van der Waals surface area (Å²) in [7, 11) is 3.41. The molecule has 2 heterocycles. The minimum atomic E-state index is -0.511. The molecule has 31 heavy (non-hydrogen) atoms. The molecule has 0 saturated carbocycles. The summed E-state index contributed by atoms with van der Waals surface area (Å²) in [4.78, 5) is 18.5. The number of carbonyl (C=O) groups excluding carboxylic acids is 1. The van der Waals surface area contributed by atoms with Gasteiger partial charge >= 0.3 is 0 Å². The monoisotopic (exact) mass is 422 g/mol. The first-order valence-electron chi connectivity index (χ1n) is 11.5. The summed E-state index contributed by atoms with van der Waals surface area (Å²) in [5.41, 5.74) is 1.68. The van der Waals surface area contributed by atoms with Crippen molar-refractivity contribution in [2.24, 2.45) is 0 Å². The van der Waals surface area contributed by atoms with Crippen molar-refractivity contribution < 1.29 is 14.3 Å². The Balaban J connectivity index is 1.68. The molecule has 0 aliphatic carbocycles. The van der Waals surface area contributed by atoms with E-state index in [9.17, 15) is 4.79 Å².